The standard InChI is InChI=1S/C10H16O3/c1-4-9(8(3)11)6-7-10(12)13-5-2/h4,9H,1,5-7H2,2-3H3. The van der Waals surface area contributed by atoms with Gasteiger partial charge in [0.1, 0.15) is 5.78 Å². The van der Waals surface area contributed by atoms with E-state index in [1.54, 1.807) is 13.0 Å². The Kier molecular flexibility index (Phi) is 5.85. The molecule has 0 saturated heterocycles. The molecule has 0 aromatic rings. The third kappa shape index (κ3) is 5.17. The lowest BCUT2D eigenvalue weighted by atomic mass is 10.00. The summed E-state index contributed by atoms with van der Waals surface area (Å²) < 4.78 is 4.73. The van der Waals surface area contributed by atoms with Crippen LogP contribution >= 0.6 is 0 Å². The Morgan fingerprint density at radius 1 is 1.54 bits per heavy atom. The van der Waals surface area contributed by atoms with E-state index in [0.717, 1.165) is 0 Å². The highest BCUT2D eigenvalue weighted by atomic mass is 16.5. The highest BCUT2D eigenvalue weighted by Gasteiger charge is 2.12. The lowest BCUT2D eigenvalue weighted by molar-refractivity contribution is -0.143. The molecule has 0 aliphatic rings. The predicted molar refractivity (Wildman–Crippen MR) is 50.2 cm³/mol. The Bertz CT molecular complexity index is 196. The van der Waals surface area contributed by atoms with Gasteiger partial charge in [0.05, 0.1) is 6.61 Å². The van der Waals surface area contributed by atoms with Crippen LogP contribution in [0.1, 0.15) is 26.7 Å². The molecule has 0 aromatic heterocycles. The second-order valence-corrected chi connectivity index (χ2v) is 2.80. The van der Waals surface area contributed by atoms with Crippen molar-refractivity contribution in [2.24, 2.45) is 5.92 Å². The van der Waals surface area contributed by atoms with Gasteiger partial charge in [0.15, 0.2) is 0 Å². The Morgan fingerprint density at radius 2 is 2.15 bits per heavy atom. The highest BCUT2D eigenvalue weighted by Crippen LogP contribution is 2.09. The van der Waals surface area contributed by atoms with E-state index >= 15 is 0 Å². The van der Waals surface area contributed by atoms with Gasteiger partial charge in [-0.05, 0) is 20.3 Å². The quantitative estimate of drug-likeness (QED) is 0.466. The first-order chi connectivity index (χ1) is 6.11. The van der Waals surface area contributed by atoms with Crippen LogP contribution in [-0.2, 0) is 14.3 Å². The zero-order chi connectivity index (χ0) is 10.3. The van der Waals surface area contributed by atoms with E-state index in [-0.39, 0.29) is 24.1 Å². The smallest absolute Gasteiger partial charge is 0.305 e. The van der Waals surface area contributed by atoms with E-state index in [9.17, 15) is 9.59 Å². The average Bonchev–Trinajstić information content (AvgIpc) is 2.05. The average molecular weight is 184 g/mol. The van der Waals surface area contributed by atoms with Gasteiger partial charge in [0.2, 0.25) is 0 Å². The summed E-state index contributed by atoms with van der Waals surface area (Å²) in [5, 5.41) is 0. The van der Waals surface area contributed by atoms with Gasteiger partial charge in [-0.3, -0.25) is 9.59 Å². The molecular weight excluding hydrogens is 168 g/mol. The van der Waals surface area contributed by atoms with Crippen molar-refractivity contribution >= 4 is 11.8 Å². The maximum absolute atomic E-state index is 10.9. The molecule has 0 N–H and O–H groups in total. The summed E-state index contributed by atoms with van der Waals surface area (Å²) in [6.07, 6.45) is 2.35. The predicted octanol–water partition coefficient (Wildman–Crippen LogP) is 1.72. The largest absolute Gasteiger partial charge is 0.466 e. The van der Waals surface area contributed by atoms with Crippen LogP contribution in [0.2, 0.25) is 0 Å². The number of carbonyl (C=O) groups is 2. The van der Waals surface area contributed by atoms with E-state index in [0.29, 0.717) is 13.0 Å². The number of esters is 1. The lowest BCUT2D eigenvalue weighted by Gasteiger charge is -2.07. The number of hydrogen-bond donors (Lipinski definition) is 0. The maximum atomic E-state index is 10.9. The Balaban J connectivity index is 3.78. The second kappa shape index (κ2) is 6.40. The van der Waals surface area contributed by atoms with Crippen LogP contribution in [0.15, 0.2) is 12.7 Å². The van der Waals surface area contributed by atoms with Gasteiger partial charge in [-0.1, -0.05) is 6.08 Å². The molecule has 0 saturated carbocycles. The first-order valence-electron chi connectivity index (χ1n) is 4.40. The number of ketones is 1. The van der Waals surface area contributed by atoms with Crippen molar-refractivity contribution in [2.45, 2.75) is 26.7 Å². The van der Waals surface area contributed by atoms with Crippen LogP contribution in [0, 0.1) is 5.92 Å². The Morgan fingerprint density at radius 3 is 2.54 bits per heavy atom. The number of rotatable bonds is 6. The molecule has 0 rings (SSSR count). The fraction of sp³-hybridized carbons (Fsp3) is 0.600. The minimum atomic E-state index is -0.254. The molecule has 74 valence electrons. The van der Waals surface area contributed by atoms with Crippen molar-refractivity contribution in [1.82, 2.24) is 0 Å². The molecule has 0 fully saturated rings. The summed E-state index contributed by atoms with van der Waals surface area (Å²) in [4.78, 5) is 21.8. The van der Waals surface area contributed by atoms with E-state index in [2.05, 4.69) is 6.58 Å². The molecule has 3 nitrogen and oxygen atoms in total. The number of allylic oxidation sites excluding steroid dienone is 1. The van der Waals surface area contributed by atoms with Gasteiger partial charge in [-0.2, -0.15) is 0 Å². The maximum Gasteiger partial charge on any atom is 0.305 e. The van der Waals surface area contributed by atoms with Crippen molar-refractivity contribution < 1.29 is 14.3 Å². The number of Topliss-reactive ketones (excluding diaryl/α,β-unsaturated/α-hetero) is 1. The fourth-order valence-electron chi connectivity index (χ4n) is 0.994. The van der Waals surface area contributed by atoms with Crippen LogP contribution in [0.5, 0.6) is 0 Å². The van der Waals surface area contributed by atoms with Crippen molar-refractivity contribution in [2.75, 3.05) is 6.61 Å². The van der Waals surface area contributed by atoms with E-state index < -0.39 is 0 Å². The van der Waals surface area contributed by atoms with Gasteiger partial charge < -0.3 is 4.74 Å². The monoisotopic (exact) mass is 184 g/mol. The summed E-state index contributed by atoms with van der Waals surface area (Å²) in [5.41, 5.74) is 0. The van der Waals surface area contributed by atoms with Crippen LogP contribution in [0.3, 0.4) is 0 Å². The highest BCUT2D eigenvalue weighted by molar-refractivity contribution is 5.80. The van der Waals surface area contributed by atoms with Crippen LogP contribution in [0.25, 0.3) is 0 Å². The van der Waals surface area contributed by atoms with Gasteiger partial charge in [0.25, 0.3) is 0 Å². The molecule has 0 amide bonds. The van der Waals surface area contributed by atoms with Crippen LogP contribution < -0.4 is 0 Å². The van der Waals surface area contributed by atoms with Crippen LogP contribution in [-0.4, -0.2) is 18.4 Å². The Labute approximate surface area is 78.8 Å². The van der Waals surface area contributed by atoms with E-state index in [1.165, 1.54) is 6.92 Å². The minimum Gasteiger partial charge on any atom is -0.466 e. The van der Waals surface area contributed by atoms with Gasteiger partial charge in [-0.25, -0.2) is 0 Å². The summed E-state index contributed by atoms with van der Waals surface area (Å²) in [7, 11) is 0. The minimum absolute atomic E-state index is 0.0410. The molecule has 0 radical (unpaired) electrons. The van der Waals surface area contributed by atoms with Gasteiger partial charge in [0, 0.05) is 12.3 Å². The Hall–Kier alpha value is -1.12. The first-order valence-corrected chi connectivity index (χ1v) is 4.40. The third-order valence-corrected chi connectivity index (χ3v) is 1.77. The molecule has 0 aliphatic heterocycles. The molecule has 0 aromatic carbocycles. The van der Waals surface area contributed by atoms with E-state index in [4.69, 9.17) is 4.74 Å². The summed E-state index contributed by atoms with van der Waals surface area (Å²) in [5.74, 6) is -0.431. The number of hydrogen-bond acceptors (Lipinski definition) is 3. The second-order valence-electron chi connectivity index (χ2n) is 2.80. The van der Waals surface area contributed by atoms with Crippen LogP contribution in [0.4, 0.5) is 0 Å². The summed E-state index contributed by atoms with van der Waals surface area (Å²) >= 11 is 0. The van der Waals surface area contributed by atoms with Crippen molar-refractivity contribution in [3.8, 4) is 0 Å². The SMILES string of the molecule is C=CC(CCC(=O)OCC)C(C)=O. The van der Waals surface area contributed by atoms with Crippen molar-refractivity contribution in [1.29, 1.82) is 0 Å². The fourth-order valence-corrected chi connectivity index (χ4v) is 0.994. The van der Waals surface area contributed by atoms with E-state index in [1.807, 2.05) is 0 Å². The molecule has 0 spiro atoms. The normalized spacial score (nSPS) is 11.8. The molecule has 0 heterocycles. The zero-order valence-corrected chi connectivity index (χ0v) is 8.21. The summed E-state index contributed by atoms with van der Waals surface area (Å²) in [6, 6.07) is 0. The number of carbonyl (C=O) groups excluding carboxylic acids is 2. The lowest BCUT2D eigenvalue weighted by Crippen LogP contribution is -2.11. The zero-order valence-electron chi connectivity index (χ0n) is 8.21. The molecule has 0 bridgehead atoms. The van der Waals surface area contributed by atoms with Crippen molar-refractivity contribution in [3.63, 3.8) is 0 Å². The molecule has 13 heavy (non-hydrogen) atoms. The molecule has 0 aliphatic carbocycles. The molecule has 1 atom stereocenters. The first kappa shape index (κ1) is 11.9. The molecule has 1 unspecified atom stereocenters. The third-order valence-electron chi connectivity index (χ3n) is 1.77. The summed E-state index contributed by atoms with van der Waals surface area (Å²) in [6.45, 7) is 7.18. The molecule has 3 heteroatoms. The molecular formula is C10H16O3. The van der Waals surface area contributed by atoms with Gasteiger partial charge in [-0.15, -0.1) is 6.58 Å². The number of ether oxygens (including phenoxy) is 1. The topological polar surface area (TPSA) is 43.4 Å². The van der Waals surface area contributed by atoms with Gasteiger partial charge >= 0.3 is 5.97 Å². The van der Waals surface area contributed by atoms with Crippen molar-refractivity contribution in [3.05, 3.63) is 12.7 Å².